The van der Waals surface area contributed by atoms with Gasteiger partial charge in [0.2, 0.25) is 0 Å². The SMILES string of the molecule is CCOC(=O)c1ccc(NC(=O)/C(C#N)=C/c2cccc(OS(=O)(=O)c3ccc(OC)cc3)c2)cc1. The van der Waals surface area contributed by atoms with Crippen LogP contribution in [0.1, 0.15) is 22.8 Å². The van der Waals surface area contributed by atoms with Crippen LogP contribution in [-0.4, -0.2) is 34.0 Å². The highest BCUT2D eigenvalue weighted by Gasteiger charge is 2.17. The van der Waals surface area contributed by atoms with E-state index in [0.29, 0.717) is 22.6 Å². The number of rotatable bonds is 9. The van der Waals surface area contributed by atoms with Gasteiger partial charge in [-0.05, 0) is 79.2 Å². The number of carbonyl (C=O) groups excluding carboxylic acids is 2. The van der Waals surface area contributed by atoms with Crippen molar-refractivity contribution in [1.29, 1.82) is 5.26 Å². The average Bonchev–Trinajstić information content (AvgIpc) is 2.87. The van der Waals surface area contributed by atoms with Crippen molar-refractivity contribution in [2.45, 2.75) is 11.8 Å². The third-order valence-corrected chi connectivity index (χ3v) is 6.00. The molecule has 0 aromatic heterocycles. The summed E-state index contributed by atoms with van der Waals surface area (Å²) >= 11 is 0. The van der Waals surface area contributed by atoms with Gasteiger partial charge in [0, 0.05) is 5.69 Å². The van der Waals surface area contributed by atoms with E-state index in [2.05, 4.69) is 5.32 Å². The quantitative estimate of drug-likeness (QED) is 0.198. The lowest BCUT2D eigenvalue weighted by atomic mass is 10.1. The number of nitrogens with one attached hydrogen (secondary N) is 1. The van der Waals surface area contributed by atoms with Gasteiger partial charge in [-0.15, -0.1) is 0 Å². The highest BCUT2D eigenvalue weighted by Crippen LogP contribution is 2.23. The second-order valence-corrected chi connectivity index (χ2v) is 8.75. The summed E-state index contributed by atoms with van der Waals surface area (Å²) in [4.78, 5) is 24.3. The summed E-state index contributed by atoms with van der Waals surface area (Å²) in [5, 5.41) is 12.1. The van der Waals surface area contributed by atoms with Gasteiger partial charge in [0.25, 0.3) is 5.91 Å². The molecular weight excluding hydrogens is 484 g/mol. The van der Waals surface area contributed by atoms with Crippen molar-refractivity contribution in [2.24, 2.45) is 0 Å². The maximum absolute atomic E-state index is 12.6. The Morgan fingerprint density at radius 1 is 1.00 bits per heavy atom. The molecule has 9 nitrogen and oxygen atoms in total. The Hall–Kier alpha value is -4.62. The number of amides is 1. The largest absolute Gasteiger partial charge is 0.497 e. The molecule has 1 N–H and O–H groups in total. The minimum absolute atomic E-state index is 0.00631. The molecule has 0 aliphatic heterocycles. The first-order valence-corrected chi connectivity index (χ1v) is 12.1. The Labute approximate surface area is 208 Å². The predicted molar refractivity (Wildman–Crippen MR) is 132 cm³/mol. The van der Waals surface area contributed by atoms with Crippen LogP contribution in [0.4, 0.5) is 5.69 Å². The summed E-state index contributed by atoms with van der Waals surface area (Å²) in [5.41, 5.74) is 0.852. The maximum atomic E-state index is 12.6. The lowest BCUT2D eigenvalue weighted by molar-refractivity contribution is -0.112. The average molecular weight is 507 g/mol. The van der Waals surface area contributed by atoms with Gasteiger partial charge in [-0.25, -0.2) is 4.79 Å². The fraction of sp³-hybridized carbons (Fsp3) is 0.115. The van der Waals surface area contributed by atoms with Crippen molar-refractivity contribution in [3.05, 3.63) is 89.5 Å². The standard InChI is InChI=1S/C26H22N2O7S/c1-3-34-26(30)19-7-9-21(10-8-19)28-25(29)20(17-27)15-18-5-4-6-23(16-18)35-36(31,32)24-13-11-22(33-2)12-14-24/h4-16H,3H2,1-2H3,(H,28,29)/b20-15+. The summed E-state index contributed by atoms with van der Waals surface area (Å²) in [7, 11) is -2.64. The molecule has 0 unspecified atom stereocenters. The van der Waals surface area contributed by atoms with Crippen LogP contribution in [0, 0.1) is 11.3 Å². The zero-order valence-corrected chi connectivity index (χ0v) is 20.2. The lowest BCUT2D eigenvalue weighted by Gasteiger charge is -2.09. The molecule has 0 heterocycles. The van der Waals surface area contributed by atoms with E-state index in [1.54, 1.807) is 13.0 Å². The molecule has 0 atom stereocenters. The number of hydrogen-bond donors (Lipinski definition) is 1. The van der Waals surface area contributed by atoms with Gasteiger partial charge in [0.15, 0.2) is 0 Å². The van der Waals surface area contributed by atoms with E-state index < -0.39 is 22.0 Å². The minimum Gasteiger partial charge on any atom is -0.497 e. The zero-order chi connectivity index (χ0) is 26.1. The Morgan fingerprint density at radius 2 is 1.69 bits per heavy atom. The number of anilines is 1. The van der Waals surface area contributed by atoms with Gasteiger partial charge in [-0.1, -0.05) is 12.1 Å². The molecule has 0 saturated heterocycles. The molecule has 0 bridgehead atoms. The Bertz CT molecular complexity index is 1420. The van der Waals surface area contributed by atoms with E-state index in [1.807, 2.05) is 6.07 Å². The number of carbonyl (C=O) groups is 2. The van der Waals surface area contributed by atoms with E-state index in [9.17, 15) is 23.3 Å². The summed E-state index contributed by atoms with van der Waals surface area (Å²) in [6, 6.07) is 19.5. The van der Waals surface area contributed by atoms with Gasteiger partial charge in [-0.2, -0.15) is 13.7 Å². The van der Waals surface area contributed by atoms with Crippen LogP contribution in [0.2, 0.25) is 0 Å². The Morgan fingerprint density at radius 3 is 2.31 bits per heavy atom. The molecule has 36 heavy (non-hydrogen) atoms. The number of methoxy groups -OCH3 is 1. The van der Waals surface area contributed by atoms with Crippen LogP contribution in [-0.2, 0) is 19.6 Å². The fourth-order valence-corrected chi connectivity index (χ4v) is 3.91. The van der Waals surface area contributed by atoms with Gasteiger partial charge in [0.1, 0.15) is 28.0 Å². The van der Waals surface area contributed by atoms with Crippen molar-refractivity contribution in [3.8, 4) is 17.6 Å². The number of esters is 1. The van der Waals surface area contributed by atoms with E-state index in [0.717, 1.165) is 0 Å². The number of nitrogens with zero attached hydrogens (tertiary/aromatic N) is 1. The summed E-state index contributed by atoms with van der Waals surface area (Å²) < 4.78 is 40.3. The summed E-state index contributed by atoms with van der Waals surface area (Å²) in [5.74, 6) is -0.659. The van der Waals surface area contributed by atoms with Crippen molar-refractivity contribution in [2.75, 3.05) is 19.0 Å². The number of ether oxygens (including phenoxy) is 2. The monoisotopic (exact) mass is 506 g/mol. The third-order valence-electron chi connectivity index (χ3n) is 4.74. The fourth-order valence-electron chi connectivity index (χ4n) is 2.99. The van der Waals surface area contributed by atoms with Crippen molar-refractivity contribution in [3.63, 3.8) is 0 Å². The van der Waals surface area contributed by atoms with Crippen LogP contribution in [0.5, 0.6) is 11.5 Å². The molecule has 10 heteroatoms. The number of hydrogen-bond acceptors (Lipinski definition) is 8. The van der Waals surface area contributed by atoms with Crippen LogP contribution in [0.3, 0.4) is 0 Å². The highest BCUT2D eigenvalue weighted by atomic mass is 32.2. The van der Waals surface area contributed by atoms with Crippen LogP contribution < -0.4 is 14.2 Å². The Kier molecular flexibility index (Phi) is 8.43. The van der Waals surface area contributed by atoms with Crippen molar-refractivity contribution >= 4 is 33.8 Å². The topological polar surface area (TPSA) is 132 Å². The van der Waals surface area contributed by atoms with E-state index >= 15 is 0 Å². The highest BCUT2D eigenvalue weighted by molar-refractivity contribution is 7.87. The van der Waals surface area contributed by atoms with Crippen LogP contribution >= 0.6 is 0 Å². The Balaban J connectivity index is 1.74. The predicted octanol–water partition coefficient (Wildman–Crippen LogP) is 4.19. The second kappa shape index (κ2) is 11.7. The molecule has 0 fully saturated rings. The van der Waals surface area contributed by atoms with Gasteiger partial charge >= 0.3 is 16.1 Å². The lowest BCUT2D eigenvalue weighted by Crippen LogP contribution is -2.13. The van der Waals surface area contributed by atoms with Gasteiger partial charge in [0.05, 0.1) is 19.3 Å². The number of benzene rings is 3. The molecule has 0 radical (unpaired) electrons. The van der Waals surface area contributed by atoms with Crippen LogP contribution in [0.15, 0.2) is 83.3 Å². The van der Waals surface area contributed by atoms with E-state index in [-0.39, 0.29) is 22.8 Å². The first-order valence-electron chi connectivity index (χ1n) is 10.6. The minimum atomic E-state index is -4.11. The van der Waals surface area contributed by atoms with E-state index in [4.69, 9.17) is 13.7 Å². The van der Waals surface area contributed by atoms with Crippen molar-refractivity contribution < 1.29 is 31.7 Å². The first-order chi connectivity index (χ1) is 17.2. The molecule has 1 amide bonds. The molecule has 0 saturated carbocycles. The number of nitriles is 1. The first kappa shape index (κ1) is 26.0. The molecule has 3 aromatic rings. The second-order valence-electron chi connectivity index (χ2n) is 7.21. The summed E-state index contributed by atoms with van der Waals surface area (Å²) in [6.45, 7) is 1.94. The zero-order valence-electron chi connectivity index (χ0n) is 19.4. The smallest absolute Gasteiger partial charge is 0.339 e. The maximum Gasteiger partial charge on any atom is 0.339 e. The molecule has 3 rings (SSSR count). The molecule has 0 spiro atoms. The molecular formula is C26H22N2O7S. The van der Waals surface area contributed by atoms with Crippen molar-refractivity contribution in [1.82, 2.24) is 0 Å². The molecule has 3 aromatic carbocycles. The summed E-state index contributed by atoms with van der Waals surface area (Å²) in [6.07, 6.45) is 1.30. The van der Waals surface area contributed by atoms with Gasteiger partial charge < -0.3 is 19.0 Å². The third kappa shape index (κ3) is 6.71. The molecule has 0 aliphatic carbocycles. The van der Waals surface area contributed by atoms with Gasteiger partial charge in [-0.3, -0.25) is 4.79 Å². The molecule has 184 valence electrons. The normalized spacial score (nSPS) is 11.2. The molecule has 0 aliphatic rings. The van der Waals surface area contributed by atoms with E-state index in [1.165, 1.54) is 79.9 Å². The van der Waals surface area contributed by atoms with Crippen LogP contribution in [0.25, 0.3) is 6.08 Å².